The zero-order valence-electron chi connectivity index (χ0n) is 9.12. The lowest BCUT2D eigenvalue weighted by Crippen LogP contribution is -2.61. The van der Waals surface area contributed by atoms with Gasteiger partial charge in [0.15, 0.2) is 0 Å². The van der Waals surface area contributed by atoms with Crippen LogP contribution in [0, 0.1) is 0 Å². The summed E-state index contributed by atoms with van der Waals surface area (Å²) in [5.74, 6) is -0.291. The Bertz CT molecular complexity index is 219. The first-order chi connectivity index (χ1) is 6.49. The van der Waals surface area contributed by atoms with Crippen LogP contribution in [0.1, 0.15) is 32.6 Å². The van der Waals surface area contributed by atoms with Gasteiger partial charge in [-0.25, -0.2) is 0 Å². The van der Waals surface area contributed by atoms with Crippen molar-refractivity contribution in [3.63, 3.8) is 0 Å². The largest absolute Gasteiger partial charge is 0.370 e. The van der Waals surface area contributed by atoms with E-state index in [4.69, 9.17) is 11.5 Å². The highest BCUT2D eigenvalue weighted by Crippen LogP contribution is 2.29. The molecule has 4 N–H and O–H groups in total. The van der Waals surface area contributed by atoms with Crippen LogP contribution in [0.2, 0.25) is 0 Å². The van der Waals surface area contributed by atoms with Gasteiger partial charge in [0.05, 0.1) is 0 Å². The summed E-state index contributed by atoms with van der Waals surface area (Å²) in [6.45, 7) is 3.17. The van der Waals surface area contributed by atoms with Crippen LogP contribution in [0.3, 0.4) is 0 Å². The molecule has 0 saturated carbocycles. The molecule has 4 heteroatoms. The predicted octanol–water partition coefficient (Wildman–Crippen LogP) is 0.0635. The van der Waals surface area contributed by atoms with Gasteiger partial charge in [-0.1, -0.05) is 6.92 Å². The van der Waals surface area contributed by atoms with Crippen molar-refractivity contribution in [2.24, 2.45) is 11.5 Å². The molecule has 0 radical (unpaired) electrons. The molecule has 1 saturated heterocycles. The highest BCUT2D eigenvalue weighted by Gasteiger charge is 2.40. The number of hydrogen-bond acceptors (Lipinski definition) is 3. The molecule has 1 aliphatic heterocycles. The molecule has 82 valence electrons. The number of nitrogens with two attached hydrogens (primary N) is 2. The number of carbonyl (C=O) groups is 1. The molecule has 0 aliphatic carbocycles. The molecule has 0 spiro atoms. The molecule has 0 bridgehead atoms. The molecule has 4 nitrogen and oxygen atoms in total. The van der Waals surface area contributed by atoms with Crippen LogP contribution >= 0.6 is 0 Å². The number of likely N-dealkylation sites (tertiary alicyclic amines) is 1. The maximum atomic E-state index is 11.0. The summed E-state index contributed by atoms with van der Waals surface area (Å²) in [5.41, 5.74) is 11.1. The number of piperidine rings is 1. The lowest BCUT2D eigenvalue weighted by Gasteiger charge is -2.46. The molecular weight excluding hydrogens is 178 g/mol. The smallest absolute Gasteiger partial charge is 0.219 e. The summed E-state index contributed by atoms with van der Waals surface area (Å²) in [4.78, 5) is 13.2. The number of primary amides is 1. The van der Waals surface area contributed by atoms with Crippen molar-refractivity contribution < 1.29 is 4.79 Å². The fourth-order valence-corrected chi connectivity index (χ4v) is 2.67. The molecule has 2 atom stereocenters. The molecular formula is C10H21N3O. The van der Waals surface area contributed by atoms with Gasteiger partial charge in [-0.15, -0.1) is 0 Å². The summed E-state index contributed by atoms with van der Waals surface area (Å²) in [6.07, 6.45) is 3.23. The minimum atomic E-state index is -0.409. The molecule has 1 heterocycles. The second-order valence-electron chi connectivity index (χ2n) is 4.38. The summed E-state index contributed by atoms with van der Waals surface area (Å²) in [6, 6.07) is 0.281. The van der Waals surface area contributed by atoms with Crippen LogP contribution in [0.25, 0.3) is 0 Å². The Hall–Kier alpha value is -0.610. The van der Waals surface area contributed by atoms with E-state index in [0.29, 0.717) is 6.42 Å². The van der Waals surface area contributed by atoms with Gasteiger partial charge in [0.25, 0.3) is 0 Å². The molecule has 2 unspecified atom stereocenters. The molecule has 1 fully saturated rings. The van der Waals surface area contributed by atoms with E-state index in [1.54, 1.807) is 0 Å². The lowest BCUT2D eigenvalue weighted by molar-refractivity contribution is -0.120. The van der Waals surface area contributed by atoms with E-state index in [1.807, 2.05) is 0 Å². The second-order valence-corrected chi connectivity index (χ2v) is 4.38. The topological polar surface area (TPSA) is 72.3 Å². The van der Waals surface area contributed by atoms with Crippen LogP contribution in [0.4, 0.5) is 0 Å². The minimum Gasteiger partial charge on any atom is -0.370 e. The molecule has 1 aliphatic rings. The van der Waals surface area contributed by atoms with Crippen LogP contribution in [-0.2, 0) is 4.79 Å². The Kier molecular flexibility index (Phi) is 3.50. The average Bonchev–Trinajstić information content (AvgIpc) is 2.02. The third-order valence-corrected chi connectivity index (χ3v) is 3.24. The number of likely N-dealkylation sites (N-methyl/N-ethyl adjacent to an activating group) is 1. The Balaban J connectivity index is 2.76. The van der Waals surface area contributed by atoms with Crippen LogP contribution in [0.5, 0.6) is 0 Å². The minimum absolute atomic E-state index is 0.281. The van der Waals surface area contributed by atoms with Gasteiger partial charge in [-0.2, -0.15) is 0 Å². The van der Waals surface area contributed by atoms with E-state index >= 15 is 0 Å². The van der Waals surface area contributed by atoms with Crippen molar-refractivity contribution >= 4 is 5.91 Å². The Morgan fingerprint density at radius 1 is 1.64 bits per heavy atom. The molecule has 0 aromatic rings. The van der Waals surface area contributed by atoms with Crippen molar-refractivity contribution in [2.75, 3.05) is 13.6 Å². The van der Waals surface area contributed by atoms with Gasteiger partial charge < -0.3 is 16.4 Å². The van der Waals surface area contributed by atoms with Gasteiger partial charge in [-0.3, -0.25) is 4.79 Å². The normalized spacial score (nSPS) is 34.4. The zero-order valence-corrected chi connectivity index (χ0v) is 9.12. The SMILES string of the molecule is CCC1N(C)CCCC1(N)CC(N)=O. The van der Waals surface area contributed by atoms with Crippen molar-refractivity contribution in [3.05, 3.63) is 0 Å². The van der Waals surface area contributed by atoms with E-state index in [-0.39, 0.29) is 11.9 Å². The average molecular weight is 199 g/mol. The Morgan fingerprint density at radius 3 is 2.79 bits per heavy atom. The van der Waals surface area contributed by atoms with Crippen LogP contribution in [0.15, 0.2) is 0 Å². The van der Waals surface area contributed by atoms with E-state index in [9.17, 15) is 4.79 Å². The molecule has 0 aromatic carbocycles. The maximum Gasteiger partial charge on any atom is 0.219 e. The fraction of sp³-hybridized carbons (Fsp3) is 0.900. The van der Waals surface area contributed by atoms with Gasteiger partial charge in [0, 0.05) is 18.0 Å². The number of hydrogen-bond donors (Lipinski definition) is 2. The molecule has 1 amide bonds. The van der Waals surface area contributed by atoms with Gasteiger partial charge >= 0.3 is 0 Å². The standard InChI is InChI=1S/C10H21N3O/c1-3-8-10(12,7-9(11)14)5-4-6-13(8)2/h8H,3-7,12H2,1-2H3,(H2,11,14). The van der Waals surface area contributed by atoms with E-state index in [0.717, 1.165) is 25.8 Å². The number of rotatable bonds is 3. The van der Waals surface area contributed by atoms with Crippen molar-refractivity contribution in [3.8, 4) is 0 Å². The highest BCUT2D eigenvalue weighted by atomic mass is 16.1. The summed E-state index contributed by atoms with van der Waals surface area (Å²) in [5, 5.41) is 0. The van der Waals surface area contributed by atoms with Crippen LogP contribution in [-0.4, -0.2) is 36.0 Å². The summed E-state index contributed by atoms with van der Waals surface area (Å²) >= 11 is 0. The Labute approximate surface area is 85.6 Å². The second kappa shape index (κ2) is 4.28. The third kappa shape index (κ3) is 2.25. The number of nitrogens with zero attached hydrogens (tertiary/aromatic N) is 1. The Morgan fingerprint density at radius 2 is 2.29 bits per heavy atom. The molecule has 1 rings (SSSR count). The van der Waals surface area contributed by atoms with Crippen molar-refractivity contribution in [2.45, 2.75) is 44.2 Å². The first kappa shape index (κ1) is 11.5. The van der Waals surface area contributed by atoms with E-state index in [2.05, 4.69) is 18.9 Å². The highest BCUT2D eigenvalue weighted by molar-refractivity contribution is 5.75. The van der Waals surface area contributed by atoms with Gasteiger partial charge in [-0.05, 0) is 32.9 Å². The summed E-state index contributed by atoms with van der Waals surface area (Å²) < 4.78 is 0. The number of carbonyl (C=O) groups excluding carboxylic acids is 1. The lowest BCUT2D eigenvalue weighted by atomic mass is 9.78. The summed E-state index contributed by atoms with van der Waals surface area (Å²) in [7, 11) is 2.07. The predicted molar refractivity (Wildman–Crippen MR) is 56.7 cm³/mol. The molecule has 14 heavy (non-hydrogen) atoms. The number of amides is 1. The van der Waals surface area contributed by atoms with Gasteiger partial charge in [0.2, 0.25) is 5.91 Å². The van der Waals surface area contributed by atoms with Crippen molar-refractivity contribution in [1.82, 2.24) is 4.90 Å². The van der Waals surface area contributed by atoms with Crippen molar-refractivity contribution in [1.29, 1.82) is 0 Å². The van der Waals surface area contributed by atoms with Gasteiger partial charge in [0.1, 0.15) is 0 Å². The van der Waals surface area contributed by atoms with E-state index in [1.165, 1.54) is 0 Å². The first-order valence-corrected chi connectivity index (χ1v) is 5.27. The monoisotopic (exact) mass is 199 g/mol. The maximum absolute atomic E-state index is 11.0. The van der Waals surface area contributed by atoms with Crippen LogP contribution < -0.4 is 11.5 Å². The quantitative estimate of drug-likeness (QED) is 0.675. The first-order valence-electron chi connectivity index (χ1n) is 5.27. The zero-order chi connectivity index (χ0) is 10.8. The van der Waals surface area contributed by atoms with E-state index < -0.39 is 5.54 Å². The molecule has 0 aromatic heterocycles. The fourth-order valence-electron chi connectivity index (χ4n) is 2.67. The third-order valence-electron chi connectivity index (χ3n) is 3.24.